The molecule has 0 saturated heterocycles. The SMILES string of the molecule is CC(C)c1ccc(Cl)c(-c2ccc(C3CC3)cc2CN(C=O)C(C)C(O)c2cc(C(F)(F)F)cc(C(F)(F)F)c2)c1. The van der Waals surface area contributed by atoms with Crippen LogP contribution in [0.1, 0.15) is 84.9 Å². The molecule has 1 aliphatic rings. The lowest BCUT2D eigenvalue weighted by Crippen LogP contribution is -2.36. The van der Waals surface area contributed by atoms with Gasteiger partial charge in [-0.3, -0.25) is 4.79 Å². The second kappa shape index (κ2) is 11.7. The lowest BCUT2D eigenvalue weighted by molar-refractivity contribution is -0.143. The molecule has 10 heteroatoms. The van der Waals surface area contributed by atoms with E-state index < -0.39 is 41.2 Å². The Kier molecular flexibility index (Phi) is 8.81. The highest BCUT2D eigenvalue weighted by molar-refractivity contribution is 6.33. The second-order valence-electron chi connectivity index (χ2n) is 10.9. The molecule has 0 aliphatic heterocycles. The van der Waals surface area contributed by atoms with Crippen LogP contribution in [0.3, 0.4) is 0 Å². The van der Waals surface area contributed by atoms with Crippen molar-refractivity contribution in [2.45, 2.75) is 76.5 Å². The Hall–Kier alpha value is -3.04. The van der Waals surface area contributed by atoms with Gasteiger partial charge in [0.05, 0.1) is 23.3 Å². The number of carbonyl (C=O) groups excluding carboxylic acids is 1. The Morgan fingerprint density at radius 1 is 0.878 bits per heavy atom. The number of aliphatic hydroxyl groups excluding tert-OH is 1. The molecule has 2 atom stereocenters. The molecule has 0 radical (unpaired) electrons. The maximum Gasteiger partial charge on any atom is 0.416 e. The van der Waals surface area contributed by atoms with Gasteiger partial charge in [0.2, 0.25) is 6.41 Å². The zero-order valence-corrected chi connectivity index (χ0v) is 23.4. The Labute approximate surface area is 239 Å². The fourth-order valence-electron chi connectivity index (χ4n) is 4.87. The number of hydrogen-bond acceptors (Lipinski definition) is 2. The van der Waals surface area contributed by atoms with E-state index >= 15 is 0 Å². The van der Waals surface area contributed by atoms with Gasteiger partial charge >= 0.3 is 12.4 Å². The van der Waals surface area contributed by atoms with Crippen molar-refractivity contribution in [3.05, 3.63) is 93.0 Å². The first kappa shape index (κ1) is 30.9. The van der Waals surface area contributed by atoms with E-state index in [0.29, 0.717) is 35.0 Å². The predicted octanol–water partition coefficient (Wildman–Crippen LogP) is 9.13. The van der Waals surface area contributed by atoms with E-state index in [4.69, 9.17) is 11.6 Å². The molecule has 1 aliphatic carbocycles. The first-order valence-electron chi connectivity index (χ1n) is 13.2. The largest absolute Gasteiger partial charge is 0.416 e. The Balaban J connectivity index is 1.72. The van der Waals surface area contributed by atoms with E-state index in [0.717, 1.165) is 35.1 Å². The van der Waals surface area contributed by atoms with Gasteiger partial charge in [-0.2, -0.15) is 26.3 Å². The minimum absolute atomic E-state index is 0.00303. The summed E-state index contributed by atoms with van der Waals surface area (Å²) in [6.45, 7) is 5.41. The number of alkyl halides is 6. The normalized spacial score (nSPS) is 15.6. The summed E-state index contributed by atoms with van der Waals surface area (Å²) in [5.74, 6) is 0.592. The molecule has 2 unspecified atom stereocenters. The third-order valence-electron chi connectivity index (χ3n) is 7.55. The van der Waals surface area contributed by atoms with Gasteiger partial charge in [-0.05, 0) is 89.8 Å². The molecule has 3 aromatic carbocycles. The maximum atomic E-state index is 13.4. The topological polar surface area (TPSA) is 40.5 Å². The van der Waals surface area contributed by atoms with Crippen molar-refractivity contribution in [3.63, 3.8) is 0 Å². The van der Waals surface area contributed by atoms with Crippen molar-refractivity contribution in [3.8, 4) is 11.1 Å². The van der Waals surface area contributed by atoms with E-state index in [1.165, 1.54) is 11.8 Å². The van der Waals surface area contributed by atoms with E-state index in [1.54, 1.807) is 6.07 Å². The molecular formula is C31H30ClF6NO2. The van der Waals surface area contributed by atoms with Gasteiger partial charge in [0.15, 0.2) is 0 Å². The molecule has 220 valence electrons. The molecule has 0 aromatic heterocycles. The maximum absolute atomic E-state index is 13.4. The molecule has 0 spiro atoms. The lowest BCUT2D eigenvalue weighted by Gasteiger charge is -2.31. The minimum atomic E-state index is -5.06. The highest BCUT2D eigenvalue weighted by Crippen LogP contribution is 2.43. The van der Waals surface area contributed by atoms with Crippen LogP contribution < -0.4 is 0 Å². The Bertz CT molecular complexity index is 1380. The quantitative estimate of drug-likeness (QED) is 0.197. The number of hydrogen-bond donors (Lipinski definition) is 1. The minimum Gasteiger partial charge on any atom is -0.386 e. The summed E-state index contributed by atoms with van der Waals surface area (Å²) in [7, 11) is 0. The number of aliphatic hydroxyl groups is 1. The zero-order chi connectivity index (χ0) is 30.3. The van der Waals surface area contributed by atoms with Gasteiger partial charge in [0, 0.05) is 17.1 Å². The summed E-state index contributed by atoms with van der Waals surface area (Å²) in [6, 6.07) is 11.4. The second-order valence-corrected chi connectivity index (χ2v) is 11.3. The van der Waals surface area contributed by atoms with E-state index in [1.807, 2.05) is 44.2 Å². The smallest absolute Gasteiger partial charge is 0.386 e. The number of halogens is 7. The van der Waals surface area contributed by atoms with Crippen LogP contribution in [0.15, 0.2) is 54.6 Å². The van der Waals surface area contributed by atoms with Crippen molar-refractivity contribution in [2.75, 3.05) is 0 Å². The molecule has 4 rings (SSSR count). The van der Waals surface area contributed by atoms with Crippen molar-refractivity contribution in [1.82, 2.24) is 4.90 Å². The molecular weight excluding hydrogens is 568 g/mol. The van der Waals surface area contributed by atoms with Crippen LogP contribution >= 0.6 is 11.6 Å². The van der Waals surface area contributed by atoms with Crippen LogP contribution in [-0.4, -0.2) is 22.5 Å². The van der Waals surface area contributed by atoms with E-state index in [9.17, 15) is 36.2 Å². The van der Waals surface area contributed by atoms with Gasteiger partial charge < -0.3 is 10.0 Å². The van der Waals surface area contributed by atoms with Crippen molar-refractivity contribution in [2.24, 2.45) is 0 Å². The number of amides is 1. The fraction of sp³-hybridized carbons (Fsp3) is 0.387. The van der Waals surface area contributed by atoms with Crippen molar-refractivity contribution >= 4 is 18.0 Å². The number of rotatable bonds is 9. The van der Waals surface area contributed by atoms with Crippen LogP contribution in [0.2, 0.25) is 5.02 Å². The molecule has 3 aromatic rings. The summed E-state index contributed by atoms with van der Waals surface area (Å²) in [5, 5.41) is 11.5. The monoisotopic (exact) mass is 597 g/mol. The average molecular weight is 598 g/mol. The van der Waals surface area contributed by atoms with Crippen LogP contribution in [0, 0.1) is 0 Å². The number of benzene rings is 3. The predicted molar refractivity (Wildman–Crippen MR) is 145 cm³/mol. The summed E-state index contributed by atoms with van der Waals surface area (Å²) in [4.78, 5) is 13.4. The zero-order valence-electron chi connectivity index (χ0n) is 22.7. The molecule has 1 saturated carbocycles. The molecule has 0 bridgehead atoms. The van der Waals surface area contributed by atoms with E-state index in [-0.39, 0.29) is 18.5 Å². The fourth-order valence-corrected chi connectivity index (χ4v) is 5.09. The standard InChI is InChI=1S/C31H30ClF6NO2/c1-17(2)20-7-9-28(32)27(13-20)26-8-6-21(19-4-5-19)10-23(26)15-39(16-40)18(3)29(41)22-11-24(30(33,34)35)14-25(12-22)31(36,37)38/h6-14,16-19,29,41H,4-5,15H2,1-3H3. The van der Waals surface area contributed by atoms with E-state index in [2.05, 4.69) is 0 Å². The van der Waals surface area contributed by atoms with Gasteiger partial charge in [-0.25, -0.2) is 0 Å². The average Bonchev–Trinajstić information content (AvgIpc) is 3.75. The first-order chi connectivity index (χ1) is 19.1. The summed E-state index contributed by atoms with van der Waals surface area (Å²) in [6.07, 6.45) is -9.48. The van der Waals surface area contributed by atoms with Gasteiger partial charge in [-0.15, -0.1) is 0 Å². The van der Waals surface area contributed by atoms with Crippen LogP contribution in [0.25, 0.3) is 11.1 Å². The van der Waals surface area contributed by atoms with Gasteiger partial charge in [0.1, 0.15) is 0 Å². The molecule has 1 N–H and O–H groups in total. The van der Waals surface area contributed by atoms with Gasteiger partial charge in [0.25, 0.3) is 0 Å². The summed E-state index contributed by atoms with van der Waals surface area (Å²) >= 11 is 6.58. The van der Waals surface area contributed by atoms with Crippen LogP contribution in [0.5, 0.6) is 0 Å². The Morgan fingerprint density at radius 3 is 2.00 bits per heavy atom. The van der Waals surface area contributed by atoms with Crippen molar-refractivity contribution in [1.29, 1.82) is 0 Å². The molecule has 0 heterocycles. The highest BCUT2D eigenvalue weighted by atomic mass is 35.5. The van der Waals surface area contributed by atoms with Crippen LogP contribution in [0.4, 0.5) is 26.3 Å². The molecule has 3 nitrogen and oxygen atoms in total. The molecule has 1 fully saturated rings. The number of nitrogens with zero attached hydrogens (tertiary/aromatic N) is 1. The van der Waals surface area contributed by atoms with Crippen molar-refractivity contribution < 1.29 is 36.2 Å². The third-order valence-corrected chi connectivity index (χ3v) is 7.87. The van der Waals surface area contributed by atoms with Crippen LogP contribution in [-0.2, 0) is 23.7 Å². The summed E-state index contributed by atoms with van der Waals surface area (Å²) in [5.41, 5.74) is 0.621. The molecule has 1 amide bonds. The third kappa shape index (κ3) is 7.07. The lowest BCUT2D eigenvalue weighted by atomic mass is 9.92. The molecule has 41 heavy (non-hydrogen) atoms. The highest BCUT2D eigenvalue weighted by Gasteiger charge is 2.38. The number of carbonyl (C=O) groups is 1. The van der Waals surface area contributed by atoms with Gasteiger partial charge in [-0.1, -0.05) is 49.7 Å². The summed E-state index contributed by atoms with van der Waals surface area (Å²) < 4.78 is 80.5. The first-order valence-corrected chi connectivity index (χ1v) is 13.6. The Morgan fingerprint density at radius 2 is 1.49 bits per heavy atom.